The van der Waals surface area contributed by atoms with Crippen molar-refractivity contribution in [3.63, 3.8) is 0 Å². The highest BCUT2D eigenvalue weighted by atomic mass is 16.5. The van der Waals surface area contributed by atoms with Gasteiger partial charge in [0.25, 0.3) is 0 Å². The first kappa shape index (κ1) is 15.6. The lowest BCUT2D eigenvalue weighted by Crippen LogP contribution is -1.99. The molecule has 5 aromatic rings. The van der Waals surface area contributed by atoms with Gasteiger partial charge in [-0.1, -0.05) is 66.7 Å². The lowest BCUT2D eigenvalue weighted by atomic mass is 9.85. The highest BCUT2D eigenvalue weighted by Gasteiger charge is 2.18. The average Bonchev–Trinajstić information content (AvgIpc) is 3.20. The van der Waals surface area contributed by atoms with Crippen LogP contribution in [0.25, 0.3) is 32.3 Å². The fourth-order valence-electron chi connectivity index (χ4n) is 4.76. The Morgan fingerprint density at radius 1 is 0.786 bits per heavy atom. The number of nitrogens with zero attached hydrogens (tertiary/aromatic N) is 1. The molecule has 0 saturated carbocycles. The fraction of sp³-hybridized carbons (Fsp3) is 0.115. The van der Waals surface area contributed by atoms with Crippen LogP contribution in [0.4, 0.5) is 0 Å². The summed E-state index contributed by atoms with van der Waals surface area (Å²) in [5.41, 5.74) is 5.70. The third-order valence-electron chi connectivity index (χ3n) is 6.06. The summed E-state index contributed by atoms with van der Waals surface area (Å²) in [7, 11) is 0. The minimum atomic E-state index is 0.686. The van der Waals surface area contributed by atoms with Gasteiger partial charge in [0.05, 0.1) is 18.8 Å². The summed E-state index contributed by atoms with van der Waals surface area (Å²) in [6.45, 7) is 1.39. The number of fused-ring (bicyclic) bond motifs is 1. The highest BCUT2D eigenvalue weighted by molar-refractivity contribution is 6.25. The SMILES string of the molecule is N#Cc1c(Cc2ccc3c(c2)COC3)c2cccc3ccc4cccc1c4c32. The van der Waals surface area contributed by atoms with Crippen LogP contribution < -0.4 is 0 Å². The van der Waals surface area contributed by atoms with Crippen molar-refractivity contribution in [3.8, 4) is 6.07 Å². The minimum absolute atomic E-state index is 0.686. The average molecular weight is 359 g/mol. The van der Waals surface area contributed by atoms with Crippen LogP contribution in [0.2, 0.25) is 0 Å². The molecule has 0 atom stereocenters. The van der Waals surface area contributed by atoms with Crippen LogP contribution in [0, 0.1) is 11.3 Å². The molecule has 0 fully saturated rings. The molecular weight excluding hydrogens is 342 g/mol. The Balaban J connectivity index is 1.68. The van der Waals surface area contributed by atoms with Gasteiger partial charge < -0.3 is 4.74 Å². The molecule has 0 spiro atoms. The van der Waals surface area contributed by atoms with Gasteiger partial charge in [0.2, 0.25) is 0 Å². The van der Waals surface area contributed by atoms with Crippen LogP contribution in [0.3, 0.4) is 0 Å². The van der Waals surface area contributed by atoms with E-state index in [4.69, 9.17) is 4.74 Å². The van der Waals surface area contributed by atoms with E-state index in [1.165, 1.54) is 43.6 Å². The van der Waals surface area contributed by atoms with E-state index in [2.05, 4.69) is 72.8 Å². The minimum Gasteiger partial charge on any atom is -0.372 e. The quantitative estimate of drug-likeness (QED) is 0.358. The molecule has 2 nitrogen and oxygen atoms in total. The summed E-state index contributed by atoms with van der Waals surface area (Å²) in [6.07, 6.45) is 0.750. The molecule has 0 saturated heterocycles. The maximum Gasteiger partial charge on any atom is 0.100 e. The molecule has 2 heteroatoms. The van der Waals surface area contributed by atoms with Crippen LogP contribution >= 0.6 is 0 Å². The lowest BCUT2D eigenvalue weighted by Gasteiger charge is -2.17. The van der Waals surface area contributed by atoms with E-state index in [1.54, 1.807) is 0 Å². The van der Waals surface area contributed by atoms with E-state index in [1.807, 2.05) is 0 Å². The van der Waals surface area contributed by atoms with Crippen molar-refractivity contribution in [2.45, 2.75) is 19.6 Å². The van der Waals surface area contributed by atoms with E-state index in [0.29, 0.717) is 13.2 Å². The van der Waals surface area contributed by atoms with Gasteiger partial charge in [0, 0.05) is 5.39 Å². The number of hydrogen-bond acceptors (Lipinski definition) is 2. The second-order valence-electron chi connectivity index (χ2n) is 7.61. The van der Waals surface area contributed by atoms with Gasteiger partial charge in [-0.2, -0.15) is 5.26 Å². The molecule has 132 valence electrons. The topological polar surface area (TPSA) is 33.0 Å². The van der Waals surface area contributed by atoms with Crippen molar-refractivity contribution >= 4 is 32.3 Å². The summed E-state index contributed by atoms with van der Waals surface area (Å²) >= 11 is 0. The molecule has 0 amide bonds. The molecule has 0 bridgehead atoms. The molecule has 0 N–H and O–H groups in total. The molecular formula is C26H17NO. The predicted molar refractivity (Wildman–Crippen MR) is 113 cm³/mol. The summed E-state index contributed by atoms with van der Waals surface area (Å²) in [5, 5.41) is 17.3. The molecule has 6 rings (SSSR count). The molecule has 1 aliphatic heterocycles. The van der Waals surface area contributed by atoms with E-state index in [0.717, 1.165) is 22.9 Å². The zero-order chi connectivity index (χ0) is 18.7. The Labute approximate surface area is 162 Å². The molecule has 0 unspecified atom stereocenters. The molecule has 1 heterocycles. The van der Waals surface area contributed by atoms with Crippen molar-refractivity contribution in [1.29, 1.82) is 5.26 Å². The number of nitriles is 1. The van der Waals surface area contributed by atoms with E-state index < -0.39 is 0 Å². The van der Waals surface area contributed by atoms with Crippen LogP contribution in [0.1, 0.15) is 27.8 Å². The smallest absolute Gasteiger partial charge is 0.100 e. The standard InChI is InChI=1S/C26H17NO/c27-13-24-22-6-2-4-18-10-9-17-3-1-5-21(25(17)26(18)22)23(24)12-16-7-8-19-14-28-15-20(19)11-16/h1-11H,12,14-15H2. The number of benzene rings is 5. The van der Waals surface area contributed by atoms with E-state index in [9.17, 15) is 5.26 Å². The summed E-state index contributed by atoms with van der Waals surface area (Å²) < 4.78 is 5.57. The Morgan fingerprint density at radius 3 is 2.29 bits per heavy atom. The molecule has 0 aromatic heterocycles. The first-order chi connectivity index (χ1) is 13.8. The maximum absolute atomic E-state index is 10.1. The second-order valence-corrected chi connectivity index (χ2v) is 7.61. The van der Waals surface area contributed by atoms with Crippen LogP contribution in [-0.4, -0.2) is 0 Å². The maximum atomic E-state index is 10.1. The number of rotatable bonds is 2. The fourth-order valence-corrected chi connectivity index (χ4v) is 4.76. The largest absolute Gasteiger partial charge is 0.372 e. The molecule has 0 radical (unpaired) electrons. The summed E-state index contributed by atoms with van der Waals surface area (Å²) in [4.78, 5) is 0. The molecule has 1 aliphatic rings. The second kappa shape index (κ2) is 5.79. The summed E-state index contributed by atoms with van der Waals surface area (Å²) in [5.74, 6) is 0. The number of ether oxygens (including phenoxy) is 1. The molecule has 0 aliphatic carbocycles. The Kier molecular flexibility index (Phi) is 3.23. The van der Waals surface area contributed by atoms with E-state index in [-0.39, 0.29) is 0 Å². The lowest BCUT2D eigenvalue weighted by molar-refractivity contribution is 0.134. The molecule has 5 aromatic carbocycles. The van der Waals surface area contributed by atoms with Gasteiger partial charge in [-0.15, -0.1) is 0 Å². The predicted octanol–water partition coefficient (Wildman–Crippen LogP) is 6.08. The molecule has 28 heavy (non-hydrogen) atoms. The first-order valence-corrected chi connectivity index (χ1v) is 9.60. The third kappa shape index (κ3) is 2.11. The van der Waals surface area contributed by atoms with Crippen LogP contribution in [-0.2, 0) is 24.4 Å². The van der Waals surface area contributed by atoms with E-state index >= 15 is 0 Å². The zero-order valence-electron chi connectivity index (χ0n) is 15.3. The third-order valence-corrected chi connectivity index (χ3v) is 6.06. The van der Waals surface area contributed by atoms with Crippen LogP contribution in [0.5, 0.6) is 0 Å². The summed E-state index contributed by atoms with van der Waals surface area (Å²) in [6, 6.07) is 26.2. The normalized spacial score (nSPS) is 13.4. The Bertz CT molecular complexity index is 1420. The zero-order valence-corrected chi connectivity index (χ0v) is 15.3. The van der Waals surface area contributed by atoms with Gasteiger partial charge in [0.15, 0.2) is 0 Å². The van der Waals surface area contributed by atoms with Gasteiger partial charge in [0.1, 0.15) is 6.07 Å². The van der Waals surface area contributed by atoms with Gasteiger partial charge >= 0.3 is 0 Å². The highest BCUT2D eigenvalue weighted by Crippen LogP contribution is 2.39. The number of hydrogen-bond donors (Lipinski definition) is 0. The van der Waals surface area contributed by atoms with Crippen molar-refractivity contribution in [3.05, 3.63) is 94.5 Å². The van der Waals surface area contributed by atoms with Crippen molar-refractivity contribution in [2.24, 2.45) is 0 Å². The van der Waals surface area contributed by atoms with Gasteiger partial charge in [-0.3, -0.25) is 0 Å². The van der Waals surface area contributed by atoms with Crippen molar-refractivity contribution < 1.29 is 4.74 Å². The Hall–Kier alpha value is -3.41. The van der Waals surface area contributed by atoms with Crippen molar-refractivity contribution in [1.82, 2.24) is 0 Å². The monoisotopic (exact) mass is 359 g/mol. The van der Waals surface area contributed by atoms with Gasteiger partial charge in [-0.25, -0.2) is 0 Å². The van der Waals surface area contributed by atoms with Crippen molar-refractivity contribution in [2.75, 3.05) is 0 Å². The van der Waals surface area contributed by atoms with Gasteiger partial charge in [-0.05, 0) is 55.6 Å². The first-order valence-electron chi connectivity index (χ1n) is 9.60. The van der Waals surface area contributed by atoms with Crippen LogP contribution in [0.15, 0.2) is 66.7 Å². The Morgan fingerprint density at radius 2 is 1.50 bits per heavy atom.